The highest BCUT2D eigenvalue weighted by molar-refractivity contribution is 5.91. The van der Waals surface area contributed by atoms with Crippen molar-refractivity contribution in [3.8, 4) is 0 Å². The van der Waals surface area contributed by atoms with Gasteiger partial charge >= 0.3 is 0 Å². The van der Waals surface area contributed by atoms with Gasteiger partial charge in [0.15, 0.2) is 0 Å². The minimum atomic E-state index is 0.0590. The maximum Gasteiger partial charge on any atom is 0.246 e. The average molecular weight is 245 g/mol. The van der Waals surface area contributed by atoms with E-state index in [-0.39, 0.29) is 5.91 Å². The molecule has 0 bridgehead atoms. The minimum Gasteiger partial charge on any atom is -0.336 e. The molecule has 0 saturated carbocycles. The summed E-state index contributed by atoms with van der Waals surface area (Å²) in [5, 5.41) is 1.74. The van der Waals surface area contributed by atoms with Crippen LogP contribution in [0.3, 0.4) is 0 Å². The van der Waals surface area contributed by atoms with Gasteiger partial charge in [-0.2, -0.15) is 0 Å². The van der Waals surface area contributed by atoms with Crippen molar-refractivity contribution < 1.29 is 4.79 Å². The number of hydrazine groups is 1. The number of nitrogens with zero attached hydrogens (tertiary/aromatic N) is 2. The van der Waals surface area contributed by atoms with Crippen molar-refractivity contribution in [2.24, 2.45) is 5.84 Å². The number of hydrogen-bond donors (Lipinski definition) is 1. The van der Waals surface area contributed by atoms with Crippen molar-refractivity contribution >= 4 is 12.0 Å². The number of amides is 1. The Morgan fingerprint density at radius 2 is 1.78 bits per heavy atom. The fourth-order valence-corrected chi connectivity index (χ4v) is 1.89. The summed E-state index contributed by atoms with van der Waals surface area (Å²) in [4.78, 5) is 13.8. The van der Waals surface area contributed by atoms with Gasteiger partial charge in [-0.15, -0.1) is 0 Å². The summed E-state index contributed by atoms with van der Waals surface area (Å²) in [6.07, 6.45) is 3.49. The third-order valence-electron chi connectivity index (χ3n) is 3.12. The molecular weight excluding hydrogens is 226 g/mol. The van der Waals surface area contributed by atoms with Crippen LogP contribution in [0, 0.1) is 6.92 Å². The first-order valence-corrected chi connectivity index (χ1v) is 6.18. The minimum absolute atomic E-state index is 0.0590. The molecule has 1 heterocycles. The molecule has 1 saturated heterocycles. The lowest BCUT2D eigenvalue weighted by Gasteiger charge is -2.31. The van der Waals surface area contributed by atoms with Gasteiger partial charge in [0.25, 0.3) is 0 Å². The van der Waals surface area contributed by atoms with E-state index in [9.17, 15) is 4.79 Å². The normalized spacial score (nSPS) is 17.3. The van der Waals surface area contributed by atoms with Crippen LogP contribution in [0.1, 0.15) is 11.1 Å². The lowest BCUT2D eigenvalue weighted by atomic mass is 10.1. The van der Waals surface area contributed by atoms with Crippen molar-refractivity contribution in [1.29, 1.82) is 0 Å². The monoisotopic (exact) mass is 245 g/mol. The molecule has 1 amide bonds. The Bertz CT molecular complexity index is 431. The molecule has 2 N–H and O–H groups in total. The molecule has 0 atom stereocenters. The molecule has 0 aliphatic carbocycles. The second-order valence-electron chi connectivity index (χ2n) is 4.61. The Morgan fingerprint density at radius 3 is 2.39 bits per heavy atom. The SMILES string of the molecule is Cc1ccc(/C=C/C(=O)N2CCN(N)CC2)cc1. The van der Waals surface area contributed by atoms with E-state index in [1.807, 2.05) is 42.2 Å². The van der Waals surface area contributed by atoms with Crippen molar-refractivity contribution in [3.05, 3.63) is 41.5 Å². The van der Waals surface area contributed by atoms with Crippen molar-refractivity contribution in [1.82, 2.24) is 9.91 Å². The van der Waals surface area contributed by atoms with Gasteiger partial charge in [0, 0.05) is 32.3 Å². The van der Waals surface area contributed by atoms with Gasteiger partial charge in [0.2, 0.25) is 5.91 Å². The van der Waals surface area contributed by atoms with E-state index >= 15 is 0 Å². The number of carbonyl (C=O) groups is 1. The maximum atomic E-state index is 11.9. The van der Waals surface area contributed by atoms with Gasteiger partial charge in [-0.05, 0) is 18.6 Å². The predicted octanol–water partition coefficient (Wildman–Crippen LogP) is 1.03. The number of nitrogens with two attached hydrogens (primary N) is 1. The Morgan fingerprint density at radius 1 is 1.17 bits per heavy atom. The van der Waals surface area contributed by atoms with Crippen LogP contribution in [0.15, 0.2) is 30.3 Å². The van der Waals surface area contributed by atoms with Gasteiger partial charge in [0.1, 0.15) is 0 Å². The van der Waals surface area contributed by atoms with Crippen LogP contribution < -0.4 is 5.84 Å². The molecular formula is C14H19N3O. The summed E-state index contributed by atoms with van der Waals surface area (Å²) >= 11 is 0. The highest BCUT2D eigenvalue weighted by Crippen LogP contribution is 2.06. The number of aryl methyl sites for hydroxylation is 1. The van der Waals surface area contributed by atoms with Gasteiger partial charge in [-0.1, -0.05) is 29.8 Å². The summed E-state index contributed by atoms with van der Waals surface area (Å²) < 4.78 is 0. The first-order chi connectivity index (χ1) is 8.65. The molecule has 1 aliphatic rings. The van der Waals surface area contributed by atoms with Gasteiger partial charge in [0.05, 0.1) is 0 Å². The zero-order valence-corrected chi connectivity index (χ0v) is 10.7. The van der Waals surface area contributed by atoms with Crippen LogP contribution in [-0.4, -0.2) is 42.0 Å². The molecule has 0 radical (unpaired) electrons. The quantitative estimate of drug-likeness (QED) is 0.625. The lowest BCUT2D eigenvalue weighted by molar-refractivity contribution is -0.127. The summed E-state index contributed by atoms with van der Waals surface area (Å²) in [6, 6.07) is 8.10. The smallest absolute Gasteiger partial charge is 0.246 e. The molecule has 1 aromatic carbocycles. The molecule has 18 heavy (non-hydrogen) atoms. The summed E-state index contributed by atoms with van der Waals surface area (Å²) in [6.45, 7) is 4.93. The summed E-state index contributed by atoms with van der Waals surface area (Å²) in [5.41, 5.74) is 2.27. The molecule has 1 aromatic rings. The van der Waals surface area contributed by atoms with Crippen LogP contribution >= 0.6 is 0 Å². The topological polar surface area (TPSA) is 49.6 Å². The molecule has 0 unspecified atom stereocenters. The van der Waals surface area contributed by atoms with E-state index in [0.29, 0.717) is 13.1 Å². The second kappa shape index (κ2) is 5.80. The zero-order valence-electron chi connectivity index (χ0n) is 10.7. The average Bonchev–Trinajstić information content (AvgIpc) is 2.38. The third-order valence-corrected chi connectivity index (χ3v) is 3.12. The van der Waals surface area contributed by atoms with Crippen LogP contribution in [0.4, 0.5) is 0 Å². The predicted molar refractivity (Wildman–Crippen MR) is 72.6 cm³/mol. The molecule has 1 fully saturated rings. The molecule has 4 nitrogen and oxygen atoms in total. The molecule has 96 valence electrons. The van der Waals surface area contributed by atoms with E-state index in [2.05, 4.69) is 0 Å². The molecule has 0 aromatic heterocycles. The third kappa shape index (κ3) is 3.42. The van der Waals surface area contributed by atoms with E-state index in [4.69, 9.17) is 5.84 Å². The van der Waals surface area contributed by atoms with Crippen LogP contribution in [-0.2, 0) is 4.79 Å². The van der Waals surface area contributed by atoms with E-state index in [0.717, 1.165) is 18.7 Å². The first kappa shape index (κ1) is 12.8. The van der Waals surface area contributed by atoms with E-state index in [1.54, 1.807) is 11.1 Å². The Hall–Kier alpha value is -1.65. The molecule has 0 spiro atoms. The highest BCUT2D eigenvalue weighted by Gasteiger charge is 2.16. The van der Waals surface area contributed by atoms with Crippen molar-refractivity contribution in [3.63, 3.8) is 0 Å². The number of carbonyl (C=O) groups excluding carboxylic acids is 1. The van der Waals surface area contributed by atoms with E-state index < -0.39 is 0 Å². The first-order valence-electron chi connectivity index (χ1n) is 6.18. The summed E-state index contributed by atoms with van der Waals surface area (Å²) in [7, 11) is 0. The number of benzene rings is 1. The number of hydrogen-bond acceptors (Lipinski definition) is 3. The molecule has 4 heteroatoms. The fourth-order valence-electron chi connectivity index (χ4n) is 1.89. The van der Waals surface area contributed by atoms with E-state index in [1.165, 1.54) is 5.56 Å². The fraction of sp³-hybridized carbons (Fsp3) is 0.357. The van der Waals surface area contributed by atoms with Crippen molar-refractivity contribution in [2.45, 2.75) is 6.92 Å². The lowest BCUT2D eigenvalue weighted by Crippen LogP contribution is -2.50. The van der Waals surface area contributed by atoms with Gasteiger partial charge in [-0.25, -0.2) is 5.01 Å². The number of rotatable bonds is 2. The van der Waals surface area contributed by atoms with Gasteiger partial charge in [-0.3, -0.25) is 10.6 Å². The highest BCUT2D eigenvalue weighted by atomic mass is 16.2. The van der Waals surface area contributed by atoms with Crippen LogP contribution in [0.25, 0.3) is 6.08 Å². The summed E-state index contributed by atoms with van der Waals surface area (Å²) in [5.74, 6) is 5.71. The molecule has 2 rings (SSSR count). The molecule has 1 aliphatic heterocycles. The van der Waals surface area contributed by atoms with Gasteiger partial charge < -0.3 is 4.90 Å². The van der Waals surface area contributed by atoms with Crippen LogP contribution in [0.5, 0.6) is 0 Å². The Kier molecular flexibility index (Phi) is 4.12. The Labute approximate surface area is 108 Å². The van der Waals surface area contributed by atoms with Crippen LogP contribution in [0.2, 0.25) is 0 Å². The second-order valence-corrected chi connectivity index (χ2v) is 4.61. The standard InChI is InChI=1S/C14H19N3O/c1-12-2-4-13(5-3-12)6-7-14(18)16-8-10-17(15)11-9-16/h2-7H,8-11,15H2,1H3/b7-6+. The Balaban J connectivity index is 1.92. The van der Waals surface area contributed by atoms with Crippen molar-refractivity contribution in [2.75, 3.05) is 26.2 Å². The number of piperazine rings is 1. The largest absolute Gasteiger partial charge is 0.336 e. The maximum absolute atomic E-state index is 11.9. The zero-order chi connectivity index (χ0) is 13.0.